The van der Waals surface area contributed by atoms with Crippen LogP contribution in [-0.2, 0) is 16.0 Å². The molecule has 2 aliphatic rings. The summed E-state index contributed by atoms with van der Waals surface area (Å²) >= 11 is 1.81. The van der Waals surface area contributed by atoms with Crippen molar-refractivity contribution in [3.05, 3.63) is 52.0 Å². The fourth-order valence-corrected chi connectivity index (χ4v) is 4.61. The van der Waals surface area contributed by atoms with Gasteiger partial charge < -0.3 is 10.6 Å². The number of halogens is 1. The van der Waals surface area contributed by atoms with Gasteiger partial charge in [0.1, 0.15) is 5.82 Å². The average Bonchev–Trinajstić information content (AvgIpc) is 3.38. The molecule has 1 fully saturated rings. The minimum Gasteiger partial charge on any atom is -0.346 e. The molecule has 0 spiro atoms. The Bertz CT molecular complexity index is 832. The SMILES string of the molecule is O=C(CN1CCc2sccc2[C@@H]1C1CC1)NCC(=O)Nc1ccc(F)cc1. The Balaban J connectivity index is 1.29. The molecule has 0 saturated heterocycles. The summed E-state index contributed by atoms with van der Waals surface area (Å²) in [5, 5.41) is 7.48. The van der Waals surface area contributed by atoms with E-state index in [-0.39, 0.29) is 24.2 Å². The van der Waals surface area contributed by atoms with Gasteiger partial charge in [-0.25, -0.2) is 4.39 Å². The number of rotatable bonds is 6. The Morgan fingerprint density at radius 3 is 2.67 bits per heavy atom. The summed E-state index contributed by atoms with van der Waals surface area (Å²) in [6.45, 7) is 1.09. The summed E-state index contributed by atoms with van der Waals surface area (Å²) in [4.78, 5) is 28.0. The maximum atomic E-state index is 12.9. The Morgan fingerprint density at radius 2 is 1.93 bits per heavy atom. The van der Waals surface area contributed by atoms with Crippen molar-refractivity contribution in [3.63, 3.8) is 0 Å². The lowest BCUT2D eigenvalue weighted by Gasteiger charge is -2.35. The summed E-state index contributed by atoms with van der Waals surface area (Å²) in [6, 6.07) is 8.06. The number of hydrogen-bond donors (Lipinski definition) is 2. The van der Waals surface area contributed by atoms with Gasteiger partial charge in [-0.1, -0.05) is 0 Å². The topological polar surface area (TPSA) is 61.4 Å². The molecule has 7 heteroatoms. The van der Waals surface area contributed by atoms with Gasteiger partial charge in [-0.15, -0.1) is 11.3 Å². The molecule has 0 bridgehead atoms. The van der Waals surface area contributed by atoms with E-state index in [1.807, 2.05) is 11.3 Å². The lowest BCUT2D eigenvalue weighted by atomic mass is 9.96. The number of anilines is 1. The van der Waals surface area contributed by atoms with E-state index in [0.717, 1.165) is 13.0 Å². The number of amides is 2. The molecule has 1 aliphatic carbocycles. The Kier molecular flexibility index (Phi) is 5.22. The zero-order valence-corrected chi connectivity index (χ0v) is 15.7. The predicted molar refractivity (Wildman–Crippen MR) is 103 cm³/mol. The number of hydrogen-bond acceptors (Lipinski definition) is 4. The van der Waals surface area contributed by atoms with Gasteiger partial charge in [0, 0.05) is 23.2 Å². The third-order valence-electron chi connectivity index (χ3n) is 5.11. The summed E-state index contributed by atoms with van der Waals surface area (Å²) in [7, 11) is 0. The molecule has 1 aliphatic heterocycles. The van der Waals surface area contributed by atoms with Crippen LogP contribution in [0.2, 0.25) is 0 Å². The predicted octanol–water partition coefficient (Wildman–Crippen LogP) is 2.95. The Morgan fingerprint density at radius 1 is 1.15 bits per heavy atom. The normalized spacial score (nSPS) is 19.4. The van der Waals surface area contributed by atoms with Crippen LogP contribution in [0.5, 0.6) is 0 Å². The molecule has 0 radical (unpaired) electrons. The molecular formula is C20H22FN3O2S. The highest BCUT2D eigenvalue weighted by molar-refractivity contribution is 7.10. The highest BCUT2D eigenvalue weighted by atomic mass is 32.1. The van der Waals surface area contributed by atoms with Crippen LogP contribution in [0, 0.1) is 11.7 Å². The number of fused-ring (bicyclic) bond motifs is 1. The molecule has 2 N–H and O–H groups in total. The Hall–Kier alpha value is -2.25. The van der Waals surface area contributed by atoms with E-state index in [4.69, 9.17) is 0 Å². The molecule has 2 heterocycles. The largest absolute Gasteiger partial charge is 0.346 e. The molecule has 2 aromatic rings. The lowest BCUT2D eigenvalue weighted by molar-refractivity contribution is -0.125. The second kappa shape index (κ2) is 7.78. The highest BCUT2D eigenvalue weighted by Gasteiger charge is 2.40. The molecule has 1 saturated carbocycles. The van der Waals surface area contributed by atoms with Gasteiger partial charge in [0.05, 0.1) is 13.1 Å². The summed E-state index contributed by atoms with van der Waals surface area (Å²) in [5.41, 5.74) is 1.89. The van der Waals surface area contributed by atoms with Crippen molar-refractivity contribution >= 4 is 28.8 Å². The number of nitrogens with one attached hydrogen (secondary N) is 2. The molecular weight excluding hydrogens is 365 g/mol. The third-order valence-corrected chi connectivity index (χ3v) is 6.10. The minimum absolute atomic E-state index is 0.0954. The zero-order valence-electron chi connectivity index (χ0n) is 14.9. The van der Waals surface area contributed by atoms with Gasteiger partial charge in [-0.3, -0.25) is 14.5 Å². The molecule has 1 aromatic heterocycles. The van der Waals surface area contributed by atoms with Gasteiger partial charge in [0.2, 0.25) is 11.8 Å². The van der Waals surface area contributed by atoms with Crippen molar-refractivity contribution in [2.75, 3.05) is 25.0 Å². The van der Waals surface area contributed by atoms with Gasteiger partial charge >= 0.3 is 0 Å². The molecule has 1 atom stereocenters. The van der Waals surface area contributed by atoms with Crippen LogP contribution < -0.4 is 10.6 Å². The Labute approximate surface area is 161 Å². The first-order valence-electron chi connectivity index (χ1n) is 9.22. The van der Waals surface area contributed by atoms with Crippen LogP contribution in [0.25, 0.3) is 0 Å². The summed E-state index contributed by atoms with van der Waals surface area (Å²) in [5.74, 6) is -0.184. The zero-order chi connectivity index (χ0) is 18.8. The number of thiophene rings is 1. The first-order valence-corrected chi connectivity index (χ1v) is 10.1. The molecule has 5 nitrogen and oxygen atoms in total. The number of nitrogens with zero attached hydrogens (tertiary/aromatic N) is 1. The van der Waals surface area contributed by atoms with Gasteiger partial charge in [0.25, 0.3) is 0 Å². The number of carbonyl (C=O) groups is 2. The van der Waals surface area contributed by atoms with E-state index in [9.17, 15) is 14.0 Å². The standard InChI is InChI=1S/C20H22FN3O2S/c21-14-3-5-15(6-4-14)23-18(25)11-22-19(26)12-24-9-7-17-16(8-10-27-17)20(24)13-1-2-13/h3-6,8,10,13,20H,1-2,7,9,11-12H2,(H,22,26)(H,23,25)/t20-/m0/s1. The first kappa shape index (κ1) is 18.1. The van der Waals surface area contributed by atoms with Crippen LogP contribution in [0.4, 0.5) is 10.1 Å². The van der Waals surface area contributed by atoms with E-state index in [1.165, 1.54) is 47.5 Å². The first-order chi connectivity index (χ1) is 13.1. The van der Waals surface area contributed by atoms with E-state index in [2.05, 4.69) is 27.0 Å². The average molecular weight is 387 g/mol. The van der Waals surface area contributed by atoms with E-state index in [0.29, 0.717) is 24.2 Å². The van der Waals surface area contributed by atoms with Crippen molar-refractivity contribution in [2.45, 2.75) is 25.3 Å². The van der Waals surface area contributed by atoms with Gasteiger partial charge in [-0.2, -0.15) is 0 Å². The smallest absolute Gasteiger partial charge is 0.243 e. The second-order valence-electron chi connectivity index (χ2n) is 7.13. The monoisotopic (exact) mass is 387 g/mol. The van der Waals surface area contributed by atoms with Crippen LogP contribution in [0.3, 0.4) is 0 Å². The highest BCUT2D eigenvalue weighted by Crippen LogP contribution is 2.48. The second-order valence-corrected chi connectivity index (χ2v) is 8.13. The maximum absolute atomic E-state index is 12.9. The van der Waals surface area contributed by atoms with E-state index < -0.39 is 0 Å². The van der Waals surface area contributed by atoms with Crippen LogP contribution in [0.1, 0.15) is 29.3 Å². The van der Waals surface area contributed by atoms with E-state index >= 15 is 0 Å². The molecule has 27 heavy (non-hydrogen) atoms. The van der Waals surface area contributed by atoms with E-state index in [1.54, 1.807) is 0 Å². The molecule has 142 valence electrons. The quantitative estimate of drug-likeness (QED) is 0.801. The maximum Gasteiger partial charge on any atom is 0.243 e. The minimum atomic E-state index is -0.359. The van der Waals surface area contributed by atoms with Crippen LogP contribution in [0.15, 0.2) is 35.7 Å². The molecule has 1 aromatic carbocycles. The van der Waals surface area contributed by atoms with Gasteiger partial charge in [-0.05, 0) is 66.5 Å². The van der Waals surface area contributed by atoms with Crippen molar-refractivity contribution in [1.82, 2.24) is 10.2 Å². The fourth-order valence-electron chi connectivity index (χ4n) is 3.70. The van der Waals surface area contributed by atoms with Gasteiger partial charge in [0.15, 0.2) is 0 Å². The molecule has 4 rings (SSSR count). The summed E-state index contributed by atoms with van der Waals surface area (Å²) in [6.07, 6.45) is 3.42. The number of carbonyl (C=O) groups excluding carboxylic acids is 2. The fraction of sp³-hybridized carbons (Fsp3) is 0.400. The van der Waals surface area contributed by atoms with Crippen molar-refractivity contribution < 1.29 is 14.0 Å². The molecule has 2 amide bonds. The third kappa shape index (κ3) is 4.36. The molecule has 0 unspecified atom stereocenters. The number of benzene rings is 1. The van der Waals surface area contributed by atoms with Crippen molar-refractivity contribution in [3.8, 4) is 0 Å². The van der Waals surface area contributed by atoms with Crippen molar-refractivity contribution in [2.24, 2.45) is 5.92 Å². The van der Waals surface area contributed by atoms with Crippen LogP contribution in [-0.4, -0.2) is 36.3 Å². The van der Waals surface area contributed by atoms with Crippen LogP contribution >= 0.6 is 11.3 Å². The van der Waals surface area contributed by atoms with Crippen molar-refractivity contribution in [1.29, 1.82) is 0 Å². The summed E-state index contributed by atoms with van der Waals surface area (Å²) < 4.78 is 12.9. The lowest BCUT2D eigenvalue weighted by Crippen LogP contribution is -2.44.